The van der Waals surface area contributed by atoms with E-state index in [2.05, 4.69) is 4.98 Å². The first-order chi connectivity index (χ1) is 9.43. The number of benzene rings is 1. The molecule has 0 bridgehead atoms. The molecular weight excluding hydrogens is 265 g/mol. The van der Waals surface area contributed by atoms with E-state index in [4.69, 9.17) is 5.73 Å². The number of hydrogen-bond donors (Lipinski definition) is 1. The van der Waals surface area contributed by atoms with Gasteiger partial charge in [0.2, 0.25) is 0 Å². The minimum Gasteiger partial charge on any atom is -0.324 e. The SMILES string of the molecule is CCC(N)c1ccc(-c2cnccc2C(F)(F)F)cc1. The van der Waals surface area contributed by atoms with Crippen molar-refractivity contribution in [2.45, 2.75) is 25.6 Å². The average Bonchev–Trinajstić information content (AvgIpc) is 2.46. The average molecular weight is 280 g/mol. The molecule has 0 amide bonds. The number of pyridine rings is 1. The molecule has 0 aliphatic rings. The molecule has 0 fully saturated rings. The van der Waals surface area contributed by atoms with Gasteiger partial charge in [0, 0.05) is 24.0 Å². The van der Waals surface area contributed by atoms with Crippen molar-refractivity contribution in [3.05, 3.63) is 53.9 Å². The predicted molar refractivity (Wildman–Crippen MR) is 71.9 cm³/mol. The van der Waals surface area contributed by atoms with Crippen molar-refractivity contribution in [2.24, 2.45) is 5.73 Å². The van der Waals surface area contributed by atoms with E-state index in [9.17, 15) is 13.2 Å². The summed E-state index contributed by atoms with van der Waals surface area (Å²) in [6.45, 7) is 1.96. The van der Waals surface area contributed by atoms with Crippen LogP contribution in [0.3, 0.4) is 0 Å². The maximum absolute atomic E-state index is 12.9. The summed E-state index contributed by atoms with van der Waals surface area (Å²) in [4.78, 5) is 3.78. The van der Waals surface area contributed by atoms with Crippen LogP contribution in [0.1, 0.15) is 30.5 Å². The first-order valence-electron chi connectivity index (χ1n) is 6.30. The Bertz CT molecular complexity index is 576. The Kier molecular flexibility index (Phi) is 4.09. The number of alkyl halides is 3. The number of aromatic nitrogens is 1. The molecule has 1 heterocycles. The monoisotopic (exact) mass is 280 g/mol. The molecule has 0 spiro atoms. The maximum atomic E-state index is 12.9. The molecule has 0 saturated carbocycles. The van der Waals surface area contributed by atoms with Gasteiger partial charge in [-0.15, -0.1) is 0 Å². The van der Waals surface area contributed by atoms with Gasteiger partial charge in [-0.05, 0) is 23.6 Å². The van der Waals surface area contributed by atoms with Gasteiger partial charge in [0.15, 0.2) is 0 Å². The fourth-order valence-corrected chi connectivity index (χ4v) is 2.02. The van der Waals surface area contributed by atoms with Crippen LogP contribution in [-0.2, 0) is 6.18 Å². The van der Waals surface area contributed by atoms with E-state index in [1.54, 1.807) is 24.3 Å². The number of hydrogen-bond acceptors (Lipinski definition) is 2. The fraction of sp³-hybridized carbons (Fsp3) is 0.267. The Hall–Kier alpha value is -1.88. The minimum atomic E-state index is -4.39. The smallest absolute Gasteiger partial charge is 0.324 e. The first kappa shape index (κ1) is 14.5. The van der Waals surface area contributed by atoms with E-state index in [0.29, 0.717) is 5.56 Å². The Morgan fingerprint density at radius 3 is 2.35 bits per heavy atom. The second-order valence-corrected chi connectivity index (χ2v) is 4.56. The Labute approximate surface area is 115 Å². The van der Waals surface area contributed by atoms with Crippen molar-refractivity contribution in [3.8, 4) is 11.1 Å². The van der Waals surface area contributed by atoms with Crippen LogP contribution in [0.5, 0.6) is 0 Å². The summed E-state index contributed by atoms with van der Waals surface area (Å²) in [6.07, 6.45) is -1.23. The lowest BCUT2D eigenvalue weighted by Crippen LogP contribution is -2.09. The van der Waals surface area contributed by atoms with Gasteiger partial charge in [0.1, 0.15) is 0 Å². The Balaban J connectivity index is 2.42. The zero-order valence-corrected chi connectivity index (χ0v) is 11.0. The molecule has 106 valence electrons. The highest BCUT2D eigenvalue weighted by Crippen LogP contribution is 2.36. The summed E-state index contributed by atoms with van der Waals surface area (Å²) in [5, 5.41) is 0. The molecule has 1 aromatic heterocycles. The van der Waals surface area contributed by atoms with E-state index in [-0.39, 0.29) is 11.6 Å². The standard InChI is InChI=1S/C15H15F3N2/c1-2-14(19)11-5-3-10(4-6-11)12-9-20-8-7-13(12)15(16,17)18/h3-9,14H,2,19H2,1H3. The molecule has 1 aromatic carbocycles. The summed E-state index contributed by atoms with van der Waals surface area (Å²) >= 11 is 0. The quantitative estimate of drug-likeness (QED) is 0.916. The summed E-state index contributed by atoms with van der Waals surface area (Å²) in [5.74, 6) is 0. The molecule has 0 radical (unpaired) electrons. The molecule has 1 atom stereocenters. The zero-order chi connectivity index (χ0) is 14.8. The highest BCUT2D eigenvalue weighted by Gasteiger charge is 2.33. The molecule has 2 N–H and O–H groups in total. The van der Waals surface area contributed by atoms with Gasteiger partial charge in [-0.2, -0.15) is 13.2 Å². The van der Waals surface area contributed by atoms with Crippen molar-refractivity contribution in [1.29, 1.82) is 0 Å². The maximum Gasteiger partial charge on any atom is 0.417 e. The van der Waals surface area contributed by atoms with Gasteiger partial charge >= 0.3 is 6.18 Å². The van der Waals surface area contributed by atoms with Crippen molar-refractivity contribution in [1.82, 2.24) is 4.98 Å². The molecule has 1 unspecified atom stereocenters. The first-order valence-corrected chi connectivity index (χ1v) is 6.30. The molecular formula is C15H15F3N2. The summed E-state index contributed by atoms with van der Waals surface area (Å²) in [5.41, 5.74) is 6.68. The summed E-state index contributed by atoms with van der Waals surface area (Å²) in [6, 6.07) is 7.71. The summed E-state index contributed by atoms with van der Waals surface area (Å²) < 4.78 is 38.8. The molecule has 2 aromatic rings. The van der Waals surface area contributed by atoms with Gasteiger partial charge in [-0.1, -0.05) is 31.2 Å². The number of halogens is 3. The van der Waals surface area contributed by atoms with Gasteiger partial charge < -0.3 is 5.73 Å². The largest absolute Gasteiger partial charge is 0.417 e. The van der Waals surface area contributed by atoms with E-state index in [1.165, 1.54) is 6.20 Å². The third-order valence-corrected chi connectivity index (χ3v) is 3.22. The number of rotatable bonds is 3. The van der Waals surface area contributed by atoms with Crippen LogP contribution in [0.4, 0.5) is 13.2 Å². The lowest BCUT2D eigenvalue weighted by molar-refractivity contribution is -0.137. The second kappa shape index (κ2) is 5.63. The van der Waals surface area contributed by atoms with Gasteiger partial charge in [-0.3, -0.25) is 4.98 Å². The molecule has 2 nitrogen and oxygen atoms in total. The van der Waals surface area contributed by atoms with Crippen LogP contribution < -0.4 is 5.73 Å². The second-order valence-electron chi connectivity index (χ2n) is 4.56. The van der Waals surface area contributed by atoms with Gasteiger partial charge in [0.25, 0.3) is 0 Å². The van der Waals surface area contributed by atoms with E-state index >= 15 is 0 Å². The van der Waals surface area contributed by atoms with Crippen molar-refractivity contribution < 1.29 is 13.2 Å². The molecule has 0 saturated heterocycles. The molecule has 0 aliphatic heterocycles. The lowest BCUT2D eigenvalue weighted by Gasteiger charge is -2.13. The van der Waals surface area contributed by atoms with Crippen LogP contribution in [0, 0.1) is 0 Å². The lowest BCUT2D eigenvalue weighted by atomic mass is 9.98. The third-order valence-electron chi connectivity index (χ3n) is 3.22. The van der Waals surface area contributed by atoms with Crippen LogP contribution >= 0.6 is 0 Å². The van der Waals surface area contributed by atoms with E-state index < -0.39 is 11.7 Å². The van der Waals surface area contributed by atoms with E-state index in [1.807, 2.05) is 6.92 Å². The zero-order valence-electron chi connectivity index (χ0n) is 11.0. The predicted octanol–water partition coefficient (Wildman–Crippen LogP) is 4.18. The van der Waals surface area contributed by atoms with Crippen LogP contribution in [-0.4, -0.2) is 4.98 Å². The summed E-state index contributed by atoms with van der Waals surface area (Å²) in [7, 11) is 0. The van der Waals surface area contributed by atoms with Crippen molar-refractivity contribution >= 4 is 0 Å². The third kappa shape index (κ3) is 2.99. The molecule has 0 aliphatic carbocycles. The molecule has 2 rings (SSSR count). The molecule has 5 heteroatoms. The fourth-order valence-electron chi connectivity index (χ4n) is 2.02. The van der Waals surface area contributed by atoms with Crippen LogP contribution in [0.15, 0.2) is 42.7 Å². The normalized spacial score (nSPS) is 13.2. The minimum absolute atomic E-state index is 0.0802. The van der Waals surface area contributed by atoms with E-state index in [0.717, 1.165) is 24.2 Å². The Morgan fingerprint density at radius 2 is 1.80 bits per heavy atom. The van der Waals surface area contributed by atoms with Crippen molar-refractivity contribution in [3.63, 3.8) is 0 Å². The topological polar surface area (TPSA) is 38.9 Å². The Morgan fingerprint density at radius 1 is 1.15 bits per heavy atom. The van der Waals surface area contributed by atoms with Gasteiger partial charge in [0.05, 0.1) is 5.56 Å². The van der Waals surface area contributed by atoms with Gasteiger partial charge in [-0.25, -0.2) is 0 Å². The van der Waals surface area contributed by atoms with Crippen molar-refractivity contribution in [2.75, 3.05) is 0 Å². The van der Waals surface area contributed by atoms with Crippen LogP contribution in [0.25, 0.3) is 11.1 Å². The highest BCUT2D eigenvalue weighted by atomic mass is 19.4. The van der Waals surface area contributed by atoms with Crippen LogP contribution in [0.2, 0.25) is 0 Å². The number of nitrogens with zero attached hydrogens (tertiary/aromatic N) is 1. The number of nitrogens with two attached hydrogens (primary N) is 1. The molecule has 20 heavy (non-hydrogen) atoms. The highest BCUT2D eigenvalue weighted by molar-refractivity contribution is 5.67.